The molecule has 3 aromatic heterocycles. The Morgan fingerprint density at radius 3 is 3.09 bits per heavy atom. The van der Waals surface area contributed by atoms with Crippen molar-refractivity contribution < 1.29 is 13.9 Å². The molecule has 1 fully saturated rings. The first-order chi connectivity index (χ1) is 11.3. The highest BCUT2D eigenvalue weighted by Crippen LogP contribution is 2.47. The molecule has 0 radical (unpaired) electrons. The van der Waals surface area contributed by atoms with E-state index < -0.39 is 0 Å². The number of ether oxygens (including phenoxy) is 1. The van der Waals surface area contributed by atoms with Crippen molar-refractivity contribution in [3.63, 3.8) is 0 Å². The Labute approximate surface area is 137 Å². The van der Waals surface area contributed by atoms with E-state index in [9.17, 15) is 4.79 Å². The zero-order chi connectivity index (χ0) is 15.6. The van der Waals surface area contributed by atoms with Gasteiger partial charge in [0.1, 0.15) is 0 Å². The Hall–Kier alpha value is -2.47. The normalized spacial score (nSPS) is 19.5. The highest BCUT2D eigenvalue weighted by molar-refractivity contribution is 7.13. The summed E-state index contributed by atoms with van der Waals surface area (Å²) < 4.78 is 10.9. The number of hydrogen-bond donors (Lipinski definition) is 0. The Kier molecular flexibility index (Phi) is 3.67. The van der Waals surface area contributed by atoms with Crippen molar-refractivity contribution in [1.29, 1.82) is 0 Å². The highest BCUT2D eigenvalue weighted by Gasteiger charge is 2.45. The number of pyridine rings is 1. The van der Waals surface area contributed by atoms with E-state index in [1.165, 1.54) is 0 Å². The number of esters is 1. The molecule has 0 aliphatic heterocycles. The number of nitrogens with zero attached hydrogens (tertiary/aromatic N) is 2. The fourth-order valence-electron chi connectivity index (χ4n) is 2.56. The minimum Gasteiger partial charge on any atom is -0.457 e. The fraction of sp³-hybridized carbons (Fsp3) is 0.235. The number of carbonyl (C=O) groups excluding carboxylic acids is 1. The van der Waals surface area contributed by atoms with Gasteiger partial charge in [0, 0.05) is 12.4 Å². The quantitative estimate of drug-likeness (QED) is 0.670. The fourth-order valence-corrected chi connectivity index (χ4v) is 3.21. The molecule has 0 amide bonds. The van der Waals surface area contributed by atoms with Gasteiger partial charge in [-0.1, -0.05) is 12.1 Å². The number of thiophene rings is 1. The molecule has 3 heterocycles. The van der Waals surface area contributed by atoms with E-state index in [1.807, 2.05) is 35.8 Å². The smallest absolute Gasteiger partial charge is 0.310 e. The summed E-state index contributed by atoms with van der Waals surface area (Å²) in [5.41, 5.74) is 1.09. The van der Waals surface area contributed by atoms with Crippen molar-refractivity contribution in [1.82, 2.24) is 9.97 Å². The molecule has 4 rings (SSSR count). The van der Waals surface area contributed by atoms with Gasteiger partial charge in [0.25, 0.3) is 0 Å². The molecule has 0 unspecified atom stereocenters. The van der Waals surface area contributed by atoms with Crippen molar-refractivity contribution in [3.05, 3.63) is 59.6 Å². The van der Waals surface area contributed by atoms with Crippen LogP contribution in [0.5, 0.6) is 0 Å². The maximum atomic E-state index is 12.1. The topological polar surface area (TPSA) is 65.2 Å². The predicted molar refractivity (Wildman–Crippen MR) is 84.7 cm³/mol. The lowest BCUT2D eigenvalue weighted by atomic mass is 10.1. The maximum Gasteiger partial charge on any atom is 0.310 e. The summed E-state index contributed by atoms with van der Waals surface area (Å²) in [6, 6.07) is 7.76. The van der Waals surface area contributed by atoms with Crippen LogP contribution in [-0.2, 0) is 16.1 Å². The van der Waals surface area contributed by atoms with Gasteiger partial charge in [0.2, 0.25) is 5.89 Å². The molecule has 6 heteroatoms. The second kappa shape index (κ2) is 5.96. The zero-order valence-corrected chi connectivity index (χ0v) is 13.0. The lowest BCUT2D eigenvalue weighted by molar-refractivity contribution is -0.147. The van der Waals surface area contributed by atoms with Gasteiger partial charge in [-0.3, -0.25) is 9.78 Å². The van der Waals surface area contributed by atoms with Crippen LogP contribution in [0.4, 0.5) is 0 Å². The Morgan fingerprint density at radius 2 is 2.30 bits per heavy atom. The van der Waals surface area contributed by atoms with E-state index in [4.69, 9.17) is 9.15 Å². The molecular weight excluding hydrogens is 312 g/mol. The van der Waals surface area contributed by atoms with Crippen molar-refractivity contribution in [3.8, 4) is 10.8 Å². The average Bonchev–Trinajstić information content (AvgIpc) is 2.99. The first kappa shape index (κ1) is 14.1. The SMILES string of the molecule is O=C(OCc1cnc(-c2cccs2)o1)[C@H]1C[C@H]1c1cccnc1. The lowest BCUT2D eigenvalue weighted by Crippen LogP contribution is -2.07. The molecule has 1 saturated carbocycles. The Morgan fingerprint density at radius 1 is 1.35 bits per heavy atom. The van der Waals surface area contributed by atoms with Crippen LogP contribution < -0.4 is 0 Å². The summed E-state index contributed by atoms with van der Waals surface area (Å²) in [4.78, 5) is 21.3. The van der Waals surface area contributed by atoms with Crippen LogP contribution >= 0.6 is 11.3 Å². The van der Waals surface area contributed by atoms with E-state index in [2.05, 4.69) is 9.97 Å². The van der Waals surface area contributed by atoms with Gasteiger partial charge in [0.05, 0.1) is 17.0 Å². The number of aromatic nitrogens is 2. The van der Waals surface area contributed by atoms with Crippen LogP contribution in [0.15, 0.2) is 52.7 Å². The lowest BCUT2D eigenvalue weighted by Gasteiger charge is -2.02. The standard InChI is InChI=1S/C17H14N2O3S/c20-17(14-7-13(14)11-3-1-5-18-8-11)21-10-12-9-19-16(22-12)15-4-2-6-23-15/h1-6,8-9,13-14H,7,10H2/t13-,14-/m0/s1. The third-order valence-corrected chi connectivity index (χ3v) is 4.71. The number of hydrogen-bond acceptors (Lipinski definition) is 6. The molecule has 0 N–H and O–H groups in total. The number of carbonyl (C=O) groups is 1. The van der Waals surface area contributed by atoms with Gasteiger partial charge in [-0.15, -0.1) is 11.3 Å². The number of rotatable bonds is 5. The van der Waals surface area contributed by atoms with Gasteiger partial charge in [0.15, 0.2) is 12.4 Å². The van der Waals surface area contributed by atoms with Crippen LogP contribution in [0.1, 0.15) is 23.7 Å². The first-order valence-electron chi connectivity index (χ1n) is 7.36. The monoisotopic (exact) mass is 326 g/mol. The number of oxazole rings is 1. The summed E-state index contributed by atoms with van der Waals surface area (Å²) in [7, 11) is 0. The molecule has 1 aliphatic carbocycles. The van der Waals surface area contributed by atoms with Crippen LogP contribution in [0.2, 0.25) is 0 Å². The molecule has 1 aliphatic rings. The molecule has 0 bridgehead atoms. The summed E-state index contributed by atoms with van der Waals surface area (Å²) in [5.74, 6) is 1.09. The highest BCUT2D eigenvalue weighted by atomic mass is 32.1. The van der Waals surface area contributed by atoms with E-state index in [-0.39, 0.29) is 24.4 Å². The van der Waals surface area contributed by atoms with Crippen LogP contribution in [0.3, 0.4) is 0 Å². The van der Waals surface area contributed by atoms with Crippen LogP contribution in [-0.4, -0.2) is 15.9 Å². The summed E-state index contributed by atoms with van der Waals surface area (Å²) in [6.45, 7) is 0.119. The average molecular weight is 326 g/mol. The molecule has 116 valence electrons. The van der Waals surface area contributed by atoms with Gasteiger partial charge in [-0.2, -0.15) is 0 Å². The minimum absolute atomic E-state index is 0.0705. The molecule has 5 nitrogen and oxygen atoms in total. The van der Waals surface area contributed by atoms with Gasteiger partial charge in [-0.05, 0) is 35.4 Å². The maximum absolute atomic E-state index is 12.1. The summed E-state index contributed by atoms with van der Waals surface area (Å²) in [6.07, 6.45) is 5.96. The summed E-state index contributed by atoms with van der Waals surface area (Å²) in [5, 5.41) is 1.96. The van der Waals surface area contributed by atoms with Crippen molar-refractivity contribution in [2.24, 2.45) is 5.92 Å². The third-order valence-electron chi connectivity index (χ3n) is 3.85. The van der Waals surface area contributed by atoms with E-state index >= 15 is 0 Å². The van der Waals surface area contributed by atoms with E-state index in [0.29, 0.717) is 11.7 Å². The first-order valence-corrected chi connectivity index (χ1v) is 8.24. The van der Waals surface area contributed by atoms with E-state index in [0.717, 1.165) is 16.9 Å². The van der Waals surface area contributed by atoms with Crippen molar-refractivity contribution in [2.75, 3.05) is 0 Å². The zero-order valence-electron chi connectivity index (χ0n) is 12.2. The van der Waals surface area contributed by atoms with Gasteiger partial charge < -0.3 is 9.15 Å². The summed E-state index contributed by atoms with van der Waals surface area (Å²) >= 11 is 1.56. The molecule has 2 atom stereocenters. The van der Waals surface area contributed by atoms with Gasteiger partial charge >= 0.3 is 5.97 Å². The Balaban J connectivity index is 1.33. The molecular formula is C17H14N2O3S. The molecule has 0 saturated heterocycles. The van der Waals surface area contributed by atoms with Crippen molar-refractivity contribution >= 4 is 17.3 Å². The molecule has 0 spiro atoms. The van der Waals surface area contributed by atoms with Crippen LogP contribution in [0.25, 0.3) is 10.8 Å². The van der Waals surface area contributed by atoms with Crippen LogP contribution in [0, 0.1) is 5.92 Å². The Bertz CT molecular complexity index is 798. The second-order valence-corrected chi connectivity index (χ2v) is 6.40. The minimum atomic E-state index is -0.187. The molecule has 23 heavy (non-hydrogen) atoms. The largest absolute Gasteiger partial charge is 0.457 e. The predicted octanol–water partition coefficient (Wildman–Crippen LogP) is 3.65. The second-order valence-electron chi connectivity index (χ2n) is 5.45. The van der Waals surface area contributed by atoms with E-state index in [1.54, 1.807) is 23.7 Å². The molecule has 3 aromatic rings. The molecule has 0 aromatic carbocycles. The third kappa shape index (κ3) is 3.03. The van der Waals surface area contributed by atoms with Gasteiger partial charge in [-0.25, -0.2) is 4.98 Å². The van der Waals surface area contributed by atoms with Crippen molar-refractivity contribution in [2.45, 2.75) is 18.9 Å².